The number of imide groups is 1. The normalized spacial score (nSPS) is 23.1. The van der Waals surface area contributed by atoms with Gasteiger partial charge in [-0.2, -0.15) is 0 Å². The maximum Gasteiger partial charge on any atom is 0.249 e. The molecule has 1 atom stereocenters. The lowest BCUT2D eigenvalue weighted by molar-refractivity contribution is -0.133. The lowest BCUT2D eigenvalue weighted by Crippen LogP contribution is -2.51. The highest BCUT2D eigenvalue weighted by molar-refractivity contribution is 6.33. The number of rotatable bonds is 3. The Bertz CT molecular complexity index is 736. The molecule has 0 aromatic heterocycles. The van der Waals surface area contributed by atoms with E-state index in [9.17, 15) is 14.7 Å². The first kappa shape index (κ1) is 20.0. The van der Waals surface area contributed by atoms with Crippen LogP contribution in [0.25, 0.3) is 0 Å². The van der Waals surface area contributed by atoms with Gasteiger partial charge in [0.05, 0.1) is 16.3 Å². The molecule has 0 spiro atoms. The van der Waals surface area contributed by atoms with Crippen LogP contribution in [-0.4, -0.2) is 41.7 Å². The molecular weight excluding hydrogens is 366 g/mol. The summed E-state index contributed by atoms with van der Waals surface area (Å²) in [5.41, 5.74) is 0.866. The average molecular weight is 394 g/mol. The Hall–Kier alpha value is -1.79. The first-order valence-electron chi connectivity index (χ1n) is 9.46. The zero-order chi connectivity index (χ0) is 19.8. The van der Waals surface area contributed by atoms with Gasteiger partial charge in [-0.3, -0.25) is 14.9 Å². The van der Waals surface area contributed by atoms with Crippen LogP contribution in [0.5, 0.6) is 0 Å². The van der Waals surface area contributed by atoms with E-state index >= 15 is 0 Å². The molecule has 1 aromatic rings. The maximum atomic E-state index is 11.9. The van der Waals surface area contributed by atoms with Crippen molar-refractivity contribution in [1.29, 1.82) is 0 Å². The van der Waals surface area contributed by atoms with Gasteiger partial charge in [0.25, 0.3) is 0 Å². The third kappa shape index (κ3) is 4.22. The summed E-state index contributed by atoms with van der Waals surface area (Å²) in [6, 6.07) is 5.22. The number of aliphatic hydroxyl groups is 1. The van der Waals surface area contributed by atoms with Gasteiger partial charge >= 0.3 is 0 Å². The van der Waals surface area contributed by atoms with Crippen molar-refractivity contribution in [2.45, 2.75) is 58.1 Å². The van der Waals surface area contributed by atoms with Gasteiger partial charge in [-0.15, -0.1) is 0 Å². The van der Waals surface area contributed by atoms with E-state index in [0.29, 0.717) is 30.7 Å². The molecular formula is C20H28ClN3O3. The third-order valence-electron chi connectivity index (χ3n) is 5.86. The molecule has 2 amide bonds. The predicted octanol–water partition coefficient (Wildman–Crippen LogP) is 2.93. The van der Waals surface area contributed by atoms with Gasteiger partial charge in [0.2, 0.25) is 11.8 Å². The van der Waals surface area contributed by atoms with Crippen LogP contribution in [0.1, 0.15) is 46.5 Å². The van der Waals surface area contributed by atoms with E-state index in [4.69, 9.17) is 11.6 Å². The number of halogens is 1. The summed E-state index contributed by atoms with van der Waals surface area (Å²) in [5.74, 6) is -0.532. The molecule has 0 bridgehead atoms. The molecule has 2 aliphatic heterocycles. The predicted molar refractivity (Wildman–Crippen MR) is 107 cm³/mol. The third-order valence-corrected chi connectivity index (χ3v) is 6.16. The number of carbonyl (C=O) groups is 2. The summed E-state index contributed by atoms with van der Waals surface area (Å²) < 4.78 is 0. The van der Waals surface area contributed by atoms with Crippen molar-refractivity contribution in [3.8, 4) is 0 Å². The maximum absolute atomic E-state index is 11.9. The summed E-state index contributed by atoms with van der Waals surface area (Å²) in [4.78, 5) is 25.3. The number of carbonyl (C=O) groups excluding carboxylic acids is 2. The van der Waals surface area contributed by atoms with Crippen molar-refractivity contribution >= 4 is 34.8 Å². The molecule has 0 radical (unpaired) electrons. The van der Waals surface area contributed by atoms with Gasteiger partial charge in [0, 0.05) is 25.2 Å². The number of nitrogens with one attached hydrogen (secondary N) is 2. The molecule has 2 aliphatic rings. The molecule has 3 N–H and O–H groups in total. The van der Waals surface area contributed by atoms with Gasteiger partial charge < -0.3 is 15.3 Å². The molecule has 6 nitrogen and oxygen atoms in total. The van der Waals surface area contributed by atoms with Crippen LogP contribution in [-0.2, 0) is 9.59 Å². The Morgan fingerprint density at radius 1 is 1.26 bits per heavy atom. The van der Waals surface area contributed by atoms with Crippen LogP contribution in [0.3, 0.4) is 0 Å². The molecule has 27 heavy (non-hydrogen) atoms. The summed E-state index contributed by atoms with van der Waals surface area (Å²) in [5, 5.41) is 17.0. The monoisotopic (exact) mass is 393 g/mol. The van der Waals surface area contributed by atoms with E-state index in [1.165, 1.54) is 0 Å². The highest BCUT2D eigenvalue weighted by atomic mass is 35.5. The van der Waals surface area contributed by atoms with Crippen molar-refractivity contribution in [2.75, 3.05) is 23.3 Å². The Morgan fingerprint density at radius 2 is 1.93 bits per heavy atom. The molecule has 7 heteroatoms. The van der Waals surface area contributed by atoms with Crippen LogP contribution in [0.2, 0.25) is 5.02 Å². The molecule has 1 unspecified atom stereocenters. The van der Waals surface area contributed by atoms with Gasteiger partial charge in [-0.25, -0.2) is 0 Å². The van der Waals surface area contributed by atoms with E-state index in [0.717, 1.165) is 24.5 Å². The second-order valence-corrected chi connectivity index (χ2v) is 8.99. The summed E-state index contributed by atoms with van der Waals surface area (Å²) >= 11 is 6.50. The minimum Gasteiger partial charge on any atom is -0.389 e. The van der Waals surface area contributed by atoms with Crippen molar-refractivity contribution in [1.82, 2.24) is 5.32 Å². The number of anilines is 2. The second-order valence-electron chi connectivity index (χ2n) is 8.58. The zero-order valence-corrected chi connectivity index (χ0v) is 16.9. The lowest BCUT2D eigenvalue weighted by atomic mass is 9.71. The number of amides is 2. The first-order chi connectivity index (χ1) is 12.6. The largest absolute Gasteiger partial charge is 0.389 e. The van der Waals surface area contributed by atoms with Gasteiger partial charge in [0.1, 0.15) is 6.04 Å². The standard InChI is InChI=1S/C20H28ClN3O3/c1-19(2,3)20(27)8-10-24(11-9-20)16-6-4-13(12-14(16)21)22-15-5-7-17(25)23-18(15)26/h4,6,12,15,22,27H,5,7-11H2,1-3H3,(H,23,25,26). The summed E-state index contributed by atoms with van der Waals surface area (Å²) in [6.07, 6.45) is 2.20. The Balaban J connectivity index is 1.66. The van der Waals surface area contributed by atoms with E-state index in [2.05, 4.69) is 36.3 Å². The fraction of sp³-hybridized carbons (Fsp3) is 0.600. The molecule has 0 saturated carbocycles. The van der Waals surface area contributed by atoms with Crippen LogP contribution < -0.4 is 15.5 Å². The second kappa shape index (κ2) is 7.32. The number of nitrogens with zero attached hydrogens (tertiary/aromatic N) is 1. The minimum atomic E-state index is -0.663. The molecule has 2 saturated heterocycles. The SMILES string of the molecule is CC(C)(C)C1(O)CCN(c2ccc(NC3CCC(=O)NC3=O)cc2Cl)CC1. The topological polar surface area (TPSA) is 81.7 Å². The van der Waals surface area contributed by atoms with Crippen molar-refractivity contribution in [2.24, 2.45) is 5.41 Å². The first-order valence-corrected chi connectivity index (χ1v) is 9.84. The molecule has 1 aromatic carbocycles. The zero-order valence-electron chi connectivity index (χ0n) is 16.1. The quantitative estimate of drug-likeness (QED) is 0.688. The van der Waals surface area contributed by atoms with E-state index < -0.39 is 11.6 Å². The van der Waals surface area contributed by atoms with Gasteiger partial charge in [-0.05, 0) is 42.9 Å². The Labute approximate surface area is 165 Å². The highest BCUT2D eigenvalue weighted by Crippen LogP contribution is 2.41. The number of hydrogen-bond acceptors (Lipinski definition) is 5. The number of hydrogen-bond donors (Lipinski definition) is 3. The lowest BCUT2D eigenvalue weighted by Gasteiger charge is -2.47. The summed E-state index contributed by atoms with van der Waals surface area (Å²) in [7, 11) is 0. The fourth-order valence-corrected chi connectivity index (χ4v) is 4.05. The number of benzene rings is 1. The van der Waals surface area contributed by atoms with E-state index in [1.54, 1.807) is 0 Å². The molecule has 2 heterocycles. The minimum absolute atomic E-state index is 0.154. The van der Waals surface area contributed by atoms with Crippen LogP contribution in [0.4, 0.5) is 11.4 Å². The van der Waals surface area contributed by atoms with Gasteiger partial charge in [0.15, 0.2) is 0 Å². The fourth-order valence-electron chi connectivity index (χ4n) is 3.75. The molecule has 3 rings (SSSR count). The van der Waals surface area contributed by atoms with Crippen molar-refractivity contribution in [3.05, 3.63) is 23.2 Å². The highest BCUT2D eigenvalue weighted by Gasteiger charge is 2.42. The van der Waals surface area contributed by atoms with Gasteiger partial charge in [-0.1, -0.05) is 32.4 Å². The molecule has 2 fully saturated rings. The van der Waals surface area contributed by atoms with Crippen molar-refractivity contribution < 1.29 is 14.7 Å². The molecule has 148 valence electrons. The Morgan fingerprint density at radius 3 is 2.48 bits per heavy atom. The number of piperidine rings is 2. The average Bonchev–Trinajstić information content (AvgIpc) is 2.58. The van der Waals surface area contributed by atoms with E-state index in [1.807, 2.05) is 18.2 Å². The Kier molecular flexibility index (Phi) is 5.41. The van der Waals surface area contributed by atoms with Crippen molar-refractivity contribution in [3.63, 3.8) is 0 Å². The molecule has 0 aliphatic carbocycles. The van der Waals surface area contributed by atoms with Crippen LogP contribution >= 0.6 is 11.6 Å². The van der Waals surface area contributed by atoms with E-state index in [-0.39, 0.29) is 17.2 Å². The van der Waals surface area contributed by atoms with Crippen LogP contribution in [0.15, 0.2) is 18.2 Å². The smallest absolute Gasteiger partial charge is 0.249 e. The summed E-state index contributed by atoms with van der Waals surface area (Å²) in [6.45, 7) is 7.71. The van der Waals surface area contributed by atoms with Crippen LogP contribution in [0, 0.1) is 5.41 Å².